The maximum absolute atomic E-state index is 14.0. The zero-order valence-electron chi connectivity index (χ0n) is 16.2. The van der Waals surface area contributed by atoms with Crippen LogP contribution in [0.5, 0.6) is 0 Å². The van der Waals surface area contributed by atoms with Crippen LogP contribution >= 0.6 is 15.9 Å². The molecule has 3 rings (SSSR count). The molecule has 2 aromatic carbocycles. The summed E-state index contributed by atoms with van der Waals surface area (Å²) in [5.74, 6) is -0.675. The molecule has 2 aromatic rings. The Bertz CT molecular complexity index is 914. The van der Waals surface area contributed by atoms with E-state index in [1.807, 2.05) is 11.9 Å². The number of nitrogens with one attached hydrogen (secondary N) is 2. The molecule has 0 atom stereocenters. The predicted octanol–water partition coefficient (Wildman–Crippen LogP) is 5.00. The normalized spacial score (nSPS) is 15.8. The predicted molar refractivity (Wildman–Crippen MR) is 111 cm³/mol. The van der Waals surface area contributed by atoms with Crippen LogP contribution in [0.2, 0.25) is 0 Å². The summed E-state index contributed by atoms with van der Waals surface area (Å²) >= 11 is 3.01. The molecule has 5 nitrogen and oxygen atoms in total. The number of anilines is 2. The maximum atomic E-state index is 14.0. The summed E-state index contributed by atoms with van der Waals surface area (Å²) in [6.07, 6.45) is -4.56. The third-order valence-corrected chi connectivity index (χ3v) is 5.48. The second-order valence-corrected chi connectivity index (χ2v) is 7.98. The van der Waals surface area contributed by atoms with Crippen molar-refractivity contribution in [1.29, 1.82) is 0 Å². The van der Waals surface area contributed by atoms with Gasteiger partial charge in [0.1, 0.15) is 0 Å². The Balaban J connectivity index is 1.74. The van der Waals surface area contributed by atoms with Crippen molar-refractivity contribution in [3.8, 4) is 0 Å². The molecular formula is C20H21BrF4N4O. The number of likely N-dealkylation sites (N-methyl/N-ethyl adjacent to an activating group) is 1. The largest absolute Gasteiger partial charge is 0.416 e. The van der Waals surface area contributed by atoms with Crippen LogP contribution in [-0.4, -0.2) is 49.1 Å². The van der Waals surface area contributed by atoms with Crippen LogP contribution < -0.4 is 10.6 Å². The SMILES string of the molecule is CN1CCN(Cc2ccc(NC(=O)Nc3cccc(Br)c3F)cc2C(F)(F)F)CC1. The molecule has 2 N–H and O–H groups in total. The number of amides is 2. The van der Waals surface area contributed by atoms with E-state index in [4.69, 9.17) is 0 Å². The summed E-state index contributed by atoms with van der Waals surface area (Å²) in [5, 5.41) is 4.63. The first-order valence-corrected chi connectivity index (χ1v) is 10.1. The molecule has 0 spiro atoms. The zero-order chi connectivity index (χ0) is 21.9. The van der Waals surface area contributed by atoms with Gasteiger partial charge in [0.05, 0.1) is 15.7 Å². The number of hydrogen-bond acceptors (Lipinski definition) is 3. The van der Waals surface area contributed by atoms with Crippen molar-refractivity contribution >= 4 is 33.3 Å². The fourth-order valence-corrected chi connectivity index (χ4v) is 3.55. The van der Waals surface area contributed by atoms with Crippen LogP contribution in [-0.2, 0) is 12.7 Å². The second kappa shape index (κ2) is 9.32. The summed E-state index contributed by atoms with van der Waals surface area (Å²) in [7, 11) is 1.98. The van der Waals surface area contributed by atoms with E-state index in [-0.39, 0.29) is 28.0 Å². The summed E-state index contributed by atoms with van der Waals surface area (Å²) in [5.41, 5.74) is -0.772. The molecule has 1 fully saturated rings. The molecule has 0 saturated carbocycles. The van der Waals surface area contributed by atoms with Crippen LogP contribution in [0.4, 0.5) is 33.7 Å². The molecule has 2 amide bonds. The highest BCUT2D eigenvalue weighted by molar-refractivity contribution is 9.10. The highest BCUT2D eigenvalue weighted by Crippen LogP contribution is 2.34. The molecule has 1 aliphatic heterocycles. The molecule has 0 radical (unpaired) electrons. The lowest BCUT2D eigenvalue weighted by Crippen LogP contribution is -2.44. The minimum atomic E-state index is -4.56. The van der Waals surface area contributed by atoms with E-state index in [0.29, 0.717) is 13.1 Å². The van der Waals surface area contributed by atoms with E-state index < -0.39 is 23.6 Å². The molecule has 1 aliphatic rings. The standard InChI is InChI=1S/C20H21BrF4N4O/c1-28-7-9-29(10-8-28)12-13-5-6-14(11-15(13)20(23,24)25)26-19(30)27-17-4-2-3-16(21)18(17)22/h2-6,11H,7-10,12H2,1H3,(H2,26,27,30). The number of piperazine rings is 1. The van der Waals surface area contributed by atoms with E-state index >= 15 is 0 Å². The molecule has 162 valence electrons. The van der Waals surface area contributed by atoms with Crippen LogP contribution in [0.15, 0.2) is 40.9 Å². The van der Waals surface area contributed by atoms with Crippen LogP contribution in [0, 0.1) is 5.82 Å². The molecule has 0 unspecified atom stereocenters. The van der Waals surface area contributed by atoms with Gasteiger partial charge in [-0.3, -0.25) is 4.90 Å². The Morgan fingerprint density at radius 3 is 2.47 bits per heavy atom. The first-order valence-electron chi connectivity index (χ1n) is 9.26. The summed E-state index contributed by atoms with van der Waals surface area (Å²) in [4.78, 5) is 16.2. The van der Waals surface area contributed by atoms with Crippen molar-refractivity contribution < 1.29 is 22.4 Å². The highest BCUT2D eigenvalue weighted by atomic mass is 79.9. The van der Waals surface area contributed by atoms with Crippen molar-refractivity contribution in [3.05, 3.63) is 57.8 Å². The van der Waals surface area contributed by atoms with Crippen molar-refractivity contribution in [2.24, 2.45) is 0 Å². The van der Waals surface area contributed by atoms with Gasteiger partial charge in [-0.2, -0.15) is 13.2 Å². The molecule has 30 heavy (non-hydrogen) atoms. The Labute approximate surface area is 180 Å². The molecular weight excluding hydrogens is 468 g/mol. The van der Waals surface area contributed by atoms with Crippen LogP contribution in [0.3, 0.4) is 0 Å². The topological polar surface area (TPSA) is 47.6 Å². The molecule has 0 bridgehead atoms. The third kappa shape index (κ3) is 5.71. The fourth-order valence-electron chi connectivity index (χ4n) is 3.19. The number of rotatable bonds is 4. The first-order chi connectivity index (χ1) is 14.1. The van der Waals surface area contributed by atoms with Gasteiger partial charge in [-0.15, -0.1) is 0 Å². The van der Waals surface area contributed by atoms with Gasteiger partial charge in [0, 0.05) is 38.4 Å². The lowest BCUT2D eigenvalue weighted by atomic mass is 10.0. The number of carbonyl (C=O) groups is 1. The third-order valence-electron chi connectivity index (χ3n) is 4.86. The summed E-state index contributed by atoms with van der Waals surface area (Å²) < 4.78 is 55.0. The molecule has 1 heterocycles. The van der Waals surface area contributed by atoms with Crippen molar-refractivity contribution in [1.82, 2.24) is 9.80 Å². The monoisotopic (exact) mass is 488 g/mol. The minimum Gasteiger partial charge on any atom is -0.308 e. The van der Waals surface area contributed by atoms with E-state index in [1.165, 1.54) is 30.3 Å². The molecule has 0 aliphatic carbocycles. The first kappa shape index (κ1) is 22.5. The van der Waals surface area contributed by atoms with E-state index in [1.54, 1.807) is 0 Å². The van der Waals surface area contributed by atoms with Gasteiger partial charge < -0.3 is 15.5 Å². The van der Waals surface area contributed by atoms with E-state index in [0.717, 1.165) is 19.2 Å². The van der Waals surface area contributed by atoms with Gasteiger partial charge in [0.2, 0.25) is 0 Å². The van der Waals surface area contributed by atoms with Gasteiger partial charge in [0.25, 0.3) is 0 Å². The van der Waals surface area contributed by atoms with Crippen LogP contribution in [0.1, 0.15) is 11.1 Å². The van der Waals surface area contributed by atoms with Crippen molar-refractivity contribution in [2.45, 2.75) is 12.7 Å². The second-order valence-electron chi connectivity index (χ2n) is 7.13. The quantitative estimate of drug-likeness (QED) is 0.595. The number of benzene rings is 2. The number of halogens is 5. The van der Waals surface area contributed by atoms with Crippen molar-refractivity contribution in [2.75, 3.05) is 43.9 Å². The molecule has 1 saturated heterocycles. The summed E-state index contributed by atoms with van der Waals surface area (Å²) in [6, 6.07) is 7.19. The smallest absolute Gasteiger partial charge is 0.308 e. The number of hydrogen-bond donors (Lipinski definition) is 2. The Morgan fingerprint density at radius 2 is 1.80 bits per heavy atom. The van der Waals surface area contributed by atoms with Gasteiger partial charge in [-0.1, -0.05) is 12.1 Å². The maximum Gasteiger partial charge on any atom is 0.416 e. The van der Waals surface area contributed by atoms with Gasteiger partial charge in [-0.25, -0.2) is 9.18 Å². The van der Waals surface area contributed by atoms with Crippen molar-refractivity contribution in [3.63, 3.8) is 0 Å². The van der Waals surface area contributed by atoms with Gasteiger partial charge in [0.15, 0.2) is 5.82 Å². The summed E-state index contributed by atoms with van der Waals surface area (Å²) in [6.45, 7) is 3.15. The molecule has 10 heteroatoms. The number of carbonyl (C=O) groups excluding carboxylic acids is 1. The average Bonchev–Trinajstić information content (AvgIpc) is 2.67. The molecule has 0 aromatic heterocycles. The lowest BCUT2D eigenvalue weighted by Gasteiger charge is -2.33. The zero-order valence-corrected chi connectivity index (χ0v) is 17.8. The number of urea groups is 1. The average molecular weight is 489 g/mol. The minimum absolute atomic E-state index is 0.0302. The van der Waals surface area contributed by atoms with E-state index in [2.05, 4.69) is 31.5 Å². The van der Waals surface area contributed by atoms with Crippen LogP contribution in [0.25, 0.3) is 0 Å². The van der Waals surface area contributed by atoms with Gasteiger partial charge >= 0.3 is 12.2 Å². The lowest BCUT2D eigenvalue weighted by molar-refractivity contribution is -0.138. The Kier molecular flexibility index (Phi) is 6.99. The Morgan fingerprint density at radius 1 is 1.10 bits per heavy atom. The van der Waals surface area contributed by atoms with E-state index in [9.17, 15) is 22.4 Å². The number of nitrogens with zero attached hydrogens (tertiary/aromatic N) is 2. The highest BCUT2D eigenvalue weighted by Gasteiger charge is 2.34. The van der Waals surface area contributed by atoms with Gasteiger partial charge in [-0.05, 0) is 52.8 Å². The Hall–Kier alpha value is -2.17. The fraction of sp³-hybridized carbons (Fsp3) is 0.350. The number of alkyl halides is 3.